The lowest BCUT2D eigenvalue weighted by Crippen LogP contribution is -2.36. The van der Waals surface area contributed by atoms with E-state index in [1.165, 1.54) is 12.0 Å². The number of aliphatic hydroxyl groups excluding tert-OH is 1. The first kappa shape index (κ1) is 15.1. The van der Waals surface area contributed by atoms with Gasteiger partial charge in [0.1, 0.15) is 0 Å². The Morgan fingerprint density at radius 3 is 2.78 bits per heavy atom. The molecule has 0 aliphatic carbocycles. The number of benzene rings is 1. The average Bonchev–Trinajstić information content (AvgIpc) is 2.32. The van der Waals surface area contributed by atoms with E-state index in [1.54, 1.807) is 19.2 Å². The lowest BCUT2D eigenvalue weighted by atomic mass is 10.1. The van der Waals surface area contributed by atoms with Crippen molar-refractivity contribution < 1.29 is 14.6 Å². The fourth-order valence-corrected chi connectivity index (χ4v) is 1.97. The van der Waals surface area contributed by atoms with Crippen LogP contribution in [0.15, 0.2) is 22.7 Å². The van der Waals surface area contributed by atoms with Gasteiger partial charge in [-0.3, -0.25) is 4.79 Å². The minimum absolute atomic E-state index is 0.120. The van der Waals surface area contributed by atoms with Crippen molar-refractivity contribution in [3.63, 3.8) is 0 Å². The minimum Gasteiger partial charge on any atom is -0.389 e. The van der Waals surface area contributed by atoms with Gasteiger partial charge in [-0.1, -0.05) is 22.0 Å². The lowest BCUT2D eigenvalue weighted by Gasteiger charge is -2.20. The van der Waals surface area contributed by atoms with Gasteiger partial charge in [-0.2, -0.15) is 0 Å². The van der Waals surface area contributed by atoms with Crippen LogP contribution >= 0.6 is 15.9 Å². The molecule has 1 atom stereocenters. The van der Waals surface area contributed by atoms with Gasteiger partial charge in [0.15, 0.2) is 0 Å². The fourth-order valence-electron chi connectivity index (χ4n) is 1.59. The van der Waals surface area contributed by atoms with Crippen LogP contribution in [0.3, 0.4) is 0 Å². The fraction of sp³-hybridized carbons (Fsp3) is 0.462. The van der Waals surface area contributed by atoms with Gasteiger partial charge in [0.2, 0.25) is 0 Å². The summed E-state index contributed by atoms with van der Waals surface area (Å²) < 4.78 is 5.73. The number of carbonyl (C=O) groups excluding carboxylic acids is 1. The predicted molar refractivity (Wildman–Crippen MR) is 73.7 cm³/mol. The van der Waals surface area contributed by atoms with Crippen molar-refractivity contribution in [2.75, 3.05) is 27.3 Å². The summed E-state index contributed by atoms with van der Waals surface area (Å²) in [4.78, 5) is 13.6. The van der Waals surface area contributed by atoms with Crippen LogP contribution in [0.25, 0.3) is 0 Å². The van der Waals surface area contributed by atoms with Crippen LogP contribution in [0.1, 0.15) is 15.9 Å². The smallest absolute Gasteiger partial charge is 0.253 e. The number of hydrogen-bond donors (Lipinski definition) is 1. The summed E-state index contributed by atoms with van der Waals surface area (Å²) >= 11 is 3.40. The molecule has 0 saturated heterocycles. The highest BCUT2D eigenvalue weighted by Gasteiger charge is 2.15. The van der Waals surface area contributed by atoms with Crippen molar-refractivity contribution in [3.8, 4) is 0 Å². The highest BCUT2D eigenvalue weighted by molar-refractivity contribution is 9.10. The molecule has 0 spiro atoms. The first-order valence-corrected chi connectivity index (χ1v) is 6.43. The standard InChI is InChI=1S/C13H18BrNO3/c1-9-4-5-10(6-12(9)14)13(17)15(2)7-11(16)8-18-3/h4-6,11,16H,7-8H2,1-3H3. The second-order valence-electron chi connectivity index (χ2n) is 4.26. The summed E-state index contributed by atoms with van der Waals surface area (Å²) in [6.07, 6.45) is -0.669. The topological polar surface area (TPSA) is 49.8 Å². The summed E-state index contributed by atoms with van der Waals surface area (Å²) in [5.41, 5.74) is 1.67. The molecule has 5 heteroatoms. The number of nitrogens with zero attached hydrogens (tertiary/aromatic N) is 1. The maximum absolute atomic E-state index is 12.1. The molecule has 1 N–H and O–H groups in total. The van der Waals surface area contributed by atoms with Crippen molar-refractivity contribution >= 4 is 21.8 Å². The van der Waals surface area contributed by atoms with Crippen molar-refractivity contribution in [2.45, 2.75) is 13.0 Å². The quantitative estimate of drug-likeness (QED) is 0.902. The molecule has 0 fully saturated rings. The van der Waals surface area contributed by atoms with Gasteiger partial charge in [0.05, 0.1) is 12.7 Å². The van der Waals surface area contributed by atoms with E-state index < -0.39 is 6.10 Å². The molecule has 0 aromatic heterocycles. The van der Waals surface area contributed by atoms with E-state index >= 15 is 0 Å². The SMILES string of the molecule is COCC(O)CN(C)C(=O)c1ccc(C)c(Br)c1. The van der Waals surface area contributed by atoms with Gasteiger partial charge in [0.25, 0.3) is 5.91 Å². The molecule has 0 aliphatic heterocycles. The molecule has 4 nitrogen and oxygen atoms in total. The van der Waals surface area contributed by atoms with Gasteiger partial charge < -0.3 is 14.7 Å². The Bertz CT molecular complexity index is 423. The van der Waals surface area contributed by atoms with Gasteiger partial charge in [-0.25, -0.2) is 0 Å². The summed E-state index contributed by atoms with van der Waals surface area (Å²) in [7, 11) is 3.18. The molecule has 1 amide bonds. The maximum Gasteiger partial charge on any atom is 0.253 e. The minimum atomic E-state index is -0.669. The van der Waals surface area contributed by atoms with Crippen molar-refractivity contribution in [1.29, 1.82) is 0 Å². The van der Waals surface area contributed by atoms with Gasteiger partial charge in [-0.15, -0.1) is 0 Å². The Hall–Kier alpha value is -0.910. The summed E-state index contributed by atoms with van der Waals surface area (Å²) in [5.74, 6) is -0.120. The number of amides is 1. The molecule has 1 aromatic rings. The molecule has 1 unspecified atom stereocenters. The van der Waals surface area contributed by atoms with Crippen LogP contribution in [0, 0.1) is 6.92 Å². The number of carbonyl (C=O) groups is 1. The third-order valence-electron chi connectivity index (χ3n) is 2.61. The molecule has 18 heavy (non-hydrogen) atoms. The zero-order valence-corrected chi connectivity index (χ0v) is 12.4. The number of likely N-dealkylation sites (N-methyl/N-ethyl adjacent to an activating group) is 1. The summed E-state index contributed by atoms with van der Waals surface area (Å²) in [6, 6.07) is 5.45. The third-order valence-corrected chi connectivity index (χ3v) is 3.46. The molecule has 0 aliphatic rings. The molecular formula is C13H18BrNO3. The zero-order chi connectivity index (χ0) is 13.7. The maximum atomic E-state index is 12.1. The Labute approximate surface area is 116 Å². The molecule has 0 heterocycles. The first-order chi connectivity index (χ1) is 8.45. The van der Waals surface area contributed by atoms with Gasteiger partial charge >= 0.3 is 0 Å². The van der Waals surface area contributed by atoms with Crippen LogP contribution < -0.4 is 0 Å². The number of aryl methyl sites for hydroxylation is 1. The number of hydrogen-bond acceptors (Lipinski definition) is 3. The van der Waals surface area contributed by atoms with Gasteiger partial charge in [0, 0.05) is 30.7 Å². The predicted octanol–water partition coefficient (Wildman–Crippen LogP) is 1.84. The van der Waals surface area contributed by atoms with E-state index in [4.69, 9.17) is 4.74 Å². The van der Waals surface area contributed by atoms with Crippen molar-refractivity contribution in [1.82, 2.24) is 4.90 Å². The normalized spacial score (nSPS) is 12.3. The van der Waals surface area contributed by atoms with Crippen molar-refractivity contribution in [2.24, 2.45) is 0 Å². The average molecular weight is 316 g/mol. The van der Waals surface area contributed by atoms with Crippen LogP contribution in [0.4, 0.5) is 0 Å². The largest absolute Gasteiger partial charge is 0.389 e. The number of rotatable bonds is 5. The second kappa shape index (κ2) is 6.87. The molecule has 0 saturated carbocycles. The van der Waals surface area contributed by atoms with Crippen LogP contribution in [-0.2, 0) is 4.74 Å². The van der Waals surface area contributed by atoms with E-state index in [9.17, 15) is 9.90 Å². The van der Waals surface area contributed by atoms with Gasteiger partial charge in [-0.05, 0) is 24.6 Å². The Kier molecular flexibility index (Phi) is 5.78. The number of ether oxygens (including phenoxy) is 1. The Morgan fingerprint density at radius 1 is 1.56 bits per heavy atom. The molecule has 0 radical (unpaired) electrons. The molecular weight excluding hydrogens is 298 g/mol. The second-order valence-corrected chi connectivity index (χ2v) is 5.11. The van der Waals surface area contributed by atoms with E-state index in [1.807, 2.05) is 13.0 Å². The van der Waals surface area contributed by atoms with E-state index in [0.29, 0.717) is 5.56 Å². The van der Waals surface area contributed by atoms with E-state index in [-0.39, 0.29) is 19.1 Å². The first-order valence-electron chi connectivity index (χ1n) is 5.64. The number of aliphatic hydroxyl groups is 1. The molecule has 1 rings (SSSR count). The monoisotopic (exact) mass is 315 g/mol. The zero-order valence-electron chi connectivity index (χ0n) is 10.8. The lowest BCUT2D eigenvalue weighted by molar-refractivity contribution is 0.0380. The van der Waals surface area contributed by atoms with E-state index in [2.05, 4.69) is 15.9 Å². The summed E-state index contributed by atoms with van der Waals surface area (Å²) in [5, 5.41) is 9.59. The van der Waals surface area contributed by atoms with Crippen LogP contribution in [0.5, 0.6) is 0 Å². The molecule has 0 bridgehead atoms. The molecule has 1 aromatic carbocycles. The van der Waals surface area contributed by atoms with Crippen LogP contribution in [0.2, 0.25) is 0 Å². The van der Waals surface area contributed by atoms with Crippen LogP contribution in [-0.4, -0.2) is 49.3 Å². The highest BCUT2D eigenvalue weighted by atomic mass is 79.9. The summed E-state index contributed by atoms with van der Waals surface area (Å²) in [6.45, 7) is 2.43. The number of halogens is 1. The number of methoxy groups -OCH3 is 1. The Balaban J connectivity index is 2.71. The Morgan fingerprint density at radius 2 is 2.22 bits per heavy atom. The highest BCUT2D eigenvalue weighted by Crippen LogP contribution is 2.18. The van der Waals surface area contributed by atoms with Crippen molar-refractivity contribution in [3.05, 3.63) is 33.8 Å². The third kappa shape index (κ3) is 4.08. The van der Waals surface area contributed by atoms with E-state index in [0.717, 1.165) is 10.0 Å². The molecule has 100 valence electrons.